The van der Waals surface area contributed by atoms with Gasteiger partial charge in [0.15, 0.2) is 11.7 Å². The number of amides is 1. The first-order valence-corrected chi connectivity index (χ1v) is 12.3. The maximum atomic E-state index is 12.8. The summed E-state index contributed by atoms with van der Waals surface area (Å²) in [5.74, 6) is 1.96. The largest absolute Gasteiger partial charge is 0.457 e. The van der Waals surface area contributed by atoms with Gasteiger partial charge in [-0.3, -0.25) is 9.59 Å². The van der Waals surface area contributed by atoms with Gasteiger partial charge >= 0.3 is 12.3 Å². The third-order valence-electron chi connectivity index (χ3n) is 5.87. The second-order valence-electron chi connectivity index (χ2n) is 8.46. The predicted molar refractivity (Wildman–Crippen MR) is 139 cm³/mol. The number of aromatic nitrogens is 1. The number of hydrogen-bond acceptors (Lipinski definition) is 9. The van der Waals surface area contributed by atoms with Crippen LogP contribution in [0.4, 0.5) is 0 Å². The SMILES string of the molecule is CCCc1nc(-c2ccc(Oc3ccc(C(=O)CC(CC)(CC)NC(C)=O)cc3)cc2)co1.O=C=O.O=C=O. The third kappa shape index (κ3) is 10.7. The maximum absolute atomic E-state index is 12.8. The molecule has 0 atom stereocenters. The number of carbonyl (C=O) groups is 2. The molecule has 10 heteroatoms. The summed E-state index contributed by atoms with van der Waals surface area (Å²) in [6.07, 6.45) is 5.65. The van der Waals surface area contributed by atoms with Crippen molar-refractivity contribution < 1.29 is 37.9 Å². The van der Waals surface area contributed by atoms with Gasteiger partial charge in [-0.15, -0.1) is 0 Å². The molecule has 39 heavy (non-hydrogen) atoms. The van der Waals surface area contributed by atoms with Crippen LogP contribution in [0.2, 0.25) is 0 Å². The number of aryl methyl sites for hydroxylation is 1. The highest BCUT2D eigenvalue weighted by molar-refractivity contribution is 5.97. The quantitative estimate of drug-likeness (QED) is 0.327. The van der Waals surface area contributed by atoms with Crippen LogP contribution in [0, 0.1) is 0 Å². The summed E-state index contributed by atoms with van der Waals surface area (Å²) in [6.45, 7) is 7.55. The molecule has 0 saturated heterocycles. The number of oxazole rings is 1. The summed E-state index contributed by atoms with van der Waals surface area (Å²) >= 11 is 0. The van der Waals surface area contributed by atoms with Crippen molar-refractivity contribution in [3.63, 3.8) is 0 Å². The van der Waals surface area contributed by atoms with E-state index < -0.39 is 5.54 Å². The van der Waals surface area contributed by atoms with Crippen molar-refractivity contribution in [1.82, 2.24) is 10.3 Å². The zero-order chi connectivity index (χ0) is 29.3. The third-order valence-corrected chi connectivity index (χ3v) is 5.87. The minimum absolute atomic E-state index is 0.00147. The molecule has 0 bridgehead atoms. The number of ether oxygens (including phenoxy) is 1. The number of ketones is 1. The molecule has 0 aliphatic rings. The van der Waals surface area contributed by atoms with Gasteiger partial charge in [-0.25, -0.2) is 4.98 Å². The highest BCUT2D eigenvalue weighted by Crippen LogP contribution is 2.27. The van der Waals surface area contributed by atoms with Crippen LogP contribution in [-0.4, -0.2) is 34.5 Å². The van der Waals surface area contributed by atoms with Gasteiger partial charge < -0.3 is 14.5 Å². The lowest BCUT2D eigenvalue weighted by molar-refractivity contribution is -0.193. The summed E-state index contributed by atoms with van der Waals surface area (Å²) in [5, 5.41) is 2.97. The second-order valence-corrected chi connectivity index (χ2v) is 8.46. The van der Waals surface area contributed by atoms with Crippen molar-refractivity contribution in [2.45, 2.75) is 65.3 Å². The Morgan fingerprint density at radius 1 is 0.897 bits per heavy atom. The average Bonchev–Trinajstić information content (AvgIpc) is 3.38. The Morgan fingerprint density at radius 2 is 1.41 bits per heavy atom. The van der Waals surface area contributed by atoms with E-state index in [2.05, 4.69) is 17.2 Å². The standard InChI is InChI=1S/C27H32N2O4.2CO2/c1-5-8-26-28-24(18-32-26)20-9-13-22(14-10-20)33-23-15-11-21(12-16-23)25(31)17-27(6-2,7-3)29-19(4)30;2*2-1-3/h9-16,18H,5-8,17H2,1-4H3,(H,29,30);;. The molecule has 0 fully saturated rings. The van der Waals surface area contributed by atoms with Crippen molar-refractivity contribution >= 4 is 24.0 Å². The molecule has 1 heterocycles. The molecule has 0 radical (unpaired) electrons. The molecule has 206 valence electrons. The van der Waals surface area contributed by atoms with E-state index in [1.165, 1.54) is 6.92 Å². The molecule has 10 nitrogen and oxygen atoms in total. The zero-order valence-corrected chi connectivity index (χ0v) is 22.4. The van der Waals surface area contributed by atoms with Crippen molar-refractivity contribution in [1.29, 1.82) is 0 Å². The van der Waals surface area contributed by atoms with Crippen LogP contribution in [0.15, 0.2) is 59.2 Å². The summed E-state index contributed by atoms with van der Waals surface area (Å²) in [5.41, 5.74) is 1.86. The number of nitrogens with one attached hydrogen (secondary N) is 1. The monoisotopic (exact) mass is 536 g/mol. The molecule has 3 aromatic rings. The number of benzene rings is 2. The first-order chi connectivity index (χ1) is 18.7. The molecule has 0 aliphatic carbocycles. The lowest BCUT2D eigenvalue weighted by Crippen LogP contribution is -2.48. The van der Waals surface area contributed by atoms with Gasteiger partial charge in [0.25, 0.3) is 0 Å². The van der Waals surface area contributed by atoms with Crippen LogP contribution in [0.25, 0.3) is 11.3 Å². The lowest BCUT2D eigenvalue weighted by atomic mass is 9.85. The van der Waals surface area contributed by atoms with Gasteiger partial charge in [0.1, 0.15) is 23.5 Å². The fourth-order valence-electron chi connectivity index (χ4n) is 3.81. The van der Waals surface area contributed by atoms with E-state index in [4.69, 9.17) is 28.3 Å². The summed E-state index contributed by atoms with van der Waals surface area (Å²) in [4.78, 5) is 61.4. The second kappa shape index (κ2) is 17.0. The fourth-order valence-corrected chi connectivity index (χ4v) is 3.81. The molecule has 2 aromatic carbocycles. The topological polar surface area (TPSA) is 150 Å². The first kappa shape index (κ1) is 32.4. The highest BCUT2D eigenvalue weighted by Gasteiger charge is 2.30. The van der Waals surface area contributed by atoms with E-state index in [1.807, 2.05) is 38.1 Å². The van der Waals surface area contributed by atoms with E-state index in [-0.39, 0.29) is 30.4 Å². The minimum Gasteiger partial charge on any atom is -0.457 e. The Kier molecular flexibility index (Phi) is 14.1. The summed E-state index contributed by atoms with van der Waals surface area (Å²) < 4.78 is 11.4. The summed E-state index contributed by atoms with van der Waals surface area (Å²) in [6, 6.07) is 14.7. The molecule has 3 rings (SSSR count). The molecular weight excluding hydrogens is 504 g/mol. The van der Waals surface area contributed by atoms with Crippen LogP contribution < -0.4 is 10.1 Å². The Labute approximate surface area is 226 Å². The van der Waals surface area contributed by atoms with E-state index in [1.54, 1.807) is 30.5 Å². The number of rotatable bonds is 11. The molecule has 0 unspecified atom stereocenters. The van der Waals surface area contributed by atoms with E-state index in [9.17, 15) is 9.59 Å². The predicted octanol–water partition coefficient (Wildman–Crippen LogP) is 5.19. The van der Waals surface area contributed by atoms with Crippen molar-refractivity contribution in [3.05, 3.63) is 66.2 Å². The van der Waals surface area contributed by atoms with E-state index in [0.717, 1.165) is 30.0 Å². The number of hydrogen-bond donors (Lipinski definition) is 1. The van der Waals surface area contributed by atoms with Gasteiger partial charge in [-0.05, 0) is 67.8 Å². The Bertz CT molecular complexity index is 1240. The first-order valence-electron chi connectivity index (χ1n) is 12.3. The Hall–Kier alpha value is -4.65. The van der Waals surface area contributed by atoms with Gasteiger partial charge in [-0.2, -0.15) is 19.2 Å². The summed E-state index contributed by atoms with van der Waals surface area (Å²) in [7, 11) is 0. The number of carbonyl (C=O) groups excluding carboxylic acids is 6. The fraction of sp³-hybridized carbons (Fsp3) is 0.345. The van der Waals surface area contributed by atoms with Crippen LogP contribution in [-0.2, 0) is 30.4 Å². The maximum Gasteiger partial charge on any atom is 0.373 e. The molecule has 0 saturated carbocycles. The Morgan fingerprint density at radius 3 is 1.87 bits per heavy atom. The van der Waals surface area contributed by atoms with Gasteiger partial charge in [-0.1, -0.05) is 20.8 Å². The van der Waals surface area contributed by atoms with E-state index >= 15 is 0 Å². The van der Waals surface area contributed by atoms with Gasteiger partial charge in [0, 0.05) is 36.4 Å². The van der Waals surface area contributed by atoms with E-state index in [0.29, 0.717) is 29.9 Å². The molecule has 1 amide bonds. The van der Waals surface area contributed by atoms with Crippen molar-refractivity contribution in [2.75, 3.05) is 0 Å². The molecule has 0 aliphatic heterocycles. The molecule has 1 N–H and O–H groups in total. The van der Waals surface area contributed by atoms with Crippen LogP contribution in [0.1, 0.15) is 69.6 Å². The normalized spacial score (nSPS) is 9.95. The minimum atomic E-state index is -0.513. The smallest absolute Gasteiger partial charge is 0.373 e. The number of Topliss-reactive ketones (excluding diaryl/α,β-unsaturated/α-hetero) is 1. The molecule has 0 spiro atoms. The Balaban J connectivity index is 0.00000116. The van der Waals surface area contributed by atoms with Crippen LogP contribution >= 0.6 is 0 Å². The van der Waals surface area contributed by atoms with Gasteiger partial charge in [0.2, 0.25) is 5.91 Å². The molecule has 1 aromatic heterocycles. The molecular formula is C29H32N2O8. The van der Waals surface area contributed by atoms with Crippen molar-refractivity contribution in [3.8, 4) is 22.8 Å². The zero-order valence-electron chi connectivity index (χ0n) is 22.4. The van der Waals surface area contributed by atoms with Crippen LogP contribution in [0.5, 0.6) is 11.5 Å². The average molecular weight is 537 g/mol. The number of nitrogens with zero attached hydrogens (tertiary/aromatic N) is 1. The van der Waals surface area contributed by atoms with Gasteiger partial charge in [0.05, 0.1) is 0 Å². The lowest BCUT2D eigenvalue weighted by Gasteiger charge is -2.32. The van der Waals surface area contributed by atoms with Crippen molar-refractivity contribution in [2.24, 2.45) is 0 Å². The van der Waals surface area contributed by atoms with Crippen LogP contribution in [0.3, 0.4) is 0 Å². The highest BCUT2D eigenvalue weighted by atomic mass is 16.5.